The SMILES string of the molecule is COc1ccc(OCCNC2CCC(C)C2)cc1. The quantitative estimate of drug-likeness (QED) is 0.786. The van der Waals surface area contributed by atoms with Gasteiger partial charge in [0.05, 0.1) is 7.11 Å². The van der Waals surface area contributed by atoms with Gasteiger partial charge in [0.25, 0.3) is 0 Å². The molecule has 0 saturated heterocycles. The van der Waals surface area contributed by atoms with E-state index in [0.29, 0.717) is 6.04 Å². The molecule has 1 aliphatic rings. The maximum atomic E-state index is 5.67. The number of methoxy groups -OCH3 is 1. The van der Waals surface area contributed by atoms with E-state index in [2.05, 4.69) is 12.2 Å². The van der Waals surface area contributed by atoms with Gasteiger partial charge in [-0.1, -0.05) is 6.92 Å². The molecule has 0 radical (unpaired) electrons. The van der Waals surface area contributed by atoms with Crippen LogP contribution in [0, 0.1) is 5.92 Å². The summed E-state index contributed by atoms with van der Waals surface area (Å²) in [5, 5.41) is 3.56. The van der Waals surface area contributed by atoms with Crippen molar-refractivity contribution in [2.75, 3.05) is 20.3 Å². The molecule has 1 fully saturated rings. The Morgan fingerprint density at radius 2 is 1.89 bits per heavy atom. The van der Waals surface area contributed by atoms with E-state index in [1.807, 2.05) is 24.3 Å². The number of benzene rings is 1. The Balaban J connectivity index is 1.62. The van der Waals surface area contributed by atoms with Gasteiger partial charge in [-0.2, -0.15) is 0 Å². The largest absolute Gasteiger partial charge is 0.497 e. The molecule has 18 heavy (non-hydrogen) atoms. The zero-order chi connectivity index (χ0) is 12.8. The Hall–Kier alpha value is -1.22. The lowest BCUT2D eigenvalue weighted by Crippen LogP contribution is -2.30. The van der Waals surface area contributed by atoms with E-state index >= 15 is 0 Å². The van der Waals surface area contributed by atoms with Crippen LogP contribution in [-0.2, 0) is 0 Å². The van der Waals surface area contributed by atoms with E-state index in [4.69, 9.17) is 9.47 Å². The monoisotopic (exact) mass is 249 g/mol. The summed E-state index contributed by atoms with van der Waals surface area (Å²) in [5.41, 5.74) is 0. The van der Waals surface area contributed by atoms with Crippen LogP contribution < -0.4 is 14.8 Å². The van der Waals surface area contributed by atoms with Gasteiger partial charge in [0.15, 0.2) is 0 Å². The highest BCUT2D eigenvalue weighted by atomic mass is 16.5. The molecule has 1 saturated carbocycles. The first-order valence-electron chi connectivity index (χ1n) is 6.78. The first kappa shape index (κ1) is 13.2. The molecule has 0 aromatic heterocycles. The van der Waals surface area contributed by atoms with Crippen LogP contribution in [0.15, 0.2) is 24.3 Å². The van der Waals surface area contributed by atoms with Crippen LogP contribution in [0.1, 0.15) is 26.2 Å². The number of ether oxygens (including phenoxy) is 2. The summed E-state index contributed by atoms with van der Waals surface area (Å²) in [7, 11) is 1.67. The molecule has 2 rings (SSSR count). The van der Waals surface area contributed by atoms with Crippen molar-refractivity contribution in [1.82, 2.24) is 5.32 Å². The summed E-state index contributed by atoms with van der Waals surface area (Å²) in [6.45, 7) is 3.97. The van der Waals surface area contributed by atoms with Gasteiger partial charge in [-0.15, -0.1) is 0 Å². The smallest absolute Gasteiger partial charge is 0.119 e. The second-order valence-electron chi connectivity index (χ2n) is 5.09. The molecule has 1 N–H and O–H groups in total. The van der Waals surface area contributed by atoms with E-state index in [1.54, 1.807) is 7.11 Å². The van der Waals surface area contributed by atoms with E-state index in [9.17, 15) is 0 Å². The van der Waals surface area contributed by atoms with Crippen LogP contribution in [0.25, 0.3) is 0 Å². The van der Waals surface area contributed by atoms with Gasteiger partial charge >= 0.3 is 0 Å². The first-order valence-corrected chi connectivity index (χ1v) is 6.78. The van der Waals surface area contributed by atoms with Crippen LogP contribution >= 0.6 is 0 Å². The van der Waals surface area contributed by atoms with Gasteiger partial charge in [0.1, 0.15) is 18.1 Å². The average Bonchev–Trinajstić information content (AvgIpc) is 2.81. The summed E-state index contributed by atoms with van der Waals surface area (Å²) in [6, 6.07) is 8.41. The molecule has 1 aromatic rings. The number of hydrogen-bond donors (Lipinski definition) is 1. The predicted molar refractivity (Wildman–Crippen MR) is 73.3 cm³/mol. The van der Waals surface area contributed by atoms with E-state index < -0.39 is 0 Å². The Labute approximate surface area is 109 Å². The summed E-state index contributed by atoms with van der Waals surface area (Å²) in [4.78, 5) is 0. The summed E-state index contributed by atoms with van der Waals surface area (Å²) < 4.78 is 10.8. The van der Waals surface area contributed by atoms with E-state index in [-0.39, 0.29) is 0 Å². The standard InChI is InChI=1S/C15H23NO2/c1-12-3-4-13(11-12)16-9-10-18-15-7-5-14(17-2)6-8-15/h5-8,12-13,16H,3-4,9-11H2,1-2H3. The highest BCUT2D eigenvalue weighted by Crippen LogP contribution is 2.24. The zero-order valence-corrected chi connectivity index (χ0v) is 11.3. The van der Waals surface area contributed by atoms with Crippen LogP contribution in [0.4, 0.5) is 0 Å². The Morgan fingerprint density at radius 3 is 2.50 bits per heavy atom. The van der Waals surface area contributed by atoms with E-state index in [1.165, 1.54) is 19.3 Å². The predicted octanol–water partition coefficient (Wildman–Crippen LogP) is 2.85. The highest BCUT2D eigenvalue weighted by Gasteiger charge is 2.20. The molecule has 0 amide bonds. The third-order valence-corrected chi connectivity index (χ3v) is 3.56. The fourth-order valence-corrected chi connectivity index (χ4v) is 2.50. The molecule has 1 aromatic carbocycles. The number of hydrogen-bond acceptors (Lipinski definition) is 3. The van der Waals surface area contributed by atoms with Crippen molar-refractivity contribution in [2.24, 2.45) is 5.92 Å². The molecule has 3 heteroatoms. The summed E-state index contributed by atoms with van der Waals surface area (Å²) in [6.07, 6.45) is 3.98. The second kappa shape index (κ2) is 6.64. The maximum absolute atomic E-state index is 5.67. The van der Waals surface area contributed by atoms with Crippen molar-refractivity contribution in [3.05, 3.63) is 24.3 Å². The topological polar surface area (TPSA) is 30.5 Å². The van der Waals surface area contributed by atoms with Gasteiger partial charge < -0.3 is 14.8 Å². The minimum absolute atomic E-state index is 0.694. The van der Waals surface area contributed by atoms with Gasteiger partial charge in [-0.25, -0.2) is 0 Å². The third kappa shape index (κ3) is 3.91. The molecule has 0 aliphatic heterocycles. The molecule has 2 atom stereocenters. The van der Waals surface area contributed by atoms with Crippen molar-refractivity contribution in [3.8, 4) is 11.5 Å². The average molecular weight is 249 g/mol. The molecular weight excluding hydrogens is 226 g/mol. The van der Waals surface area contributed by atoms with Crippen molar-refractivity contribution in [3.63, 3.8) is 0 Å². The maximum Gasteiger partial charge on any atom is 0.119 e. The van der Waals surface area contributed by atoms with Gasteiger partial charge in [-0.05, 0) is 49.4 Å². The van der Waals surface area contributed by atoms with Crippen molar-refractivity contribution >= 4 is 0 Å². The lowest BCUT2D eigenvalue weighted by atomic mass is 10.1. The minimum atomic E-state index is 0.694. The fourth-order valence-electron chi connectivity index (χ4n) is 2.50. The Kier molecular flexibility index (Phi) is 4.88. The van der Waals surface area contributed by atoms with E-state index in [0.717, 1.165) is 30.6 Å². The van der Waals surface area contributed by atoms with Crippen LogP contribution in [0.2, 0.25) is 0 Å². The Bertz CT molecular complexity index is 350. The molecule has 2 unspecified atom stereocenters. The van der Waals surface area contributed by atoms with Crippen LogP contribution in [0.3, 0.4) is 0 Å². The summed E-state index contributed by atoms with van der Waals surface area (Å²) in [5.74, 6) is 2.64. The fraction of sp³-hybridized carbons (Fsp3) is 0.600. The lowest BCUT2D eigenvalue weighted by molar-refractivity contribution is 0.304. The van der Waals surface area contributed by atoms with Gasteiger partial charge in [-0.3, -0.25) is 0 Å². The van der Waals surface area contributed by atoms with Crippen LogP contribution in [-0.4, -0.2) is 26.3 Å². The van der Waals surface area contributed by atoms with Gasteiger partial charge in [0, 0.05) is 12.6 Å². The third-order valence-electron chi connectivity index (χ3n) is 3.56. The molecule has 100 valence electrons. The van der Waals surface area contributed by atoms with Crippen LogP contribution in [0.5, 0.6) is 11.5 Å². The molecule has 0 bridgehead atoms. The molecule has 0 heterocycles. The number of nitrogens with one attached hydrogen (secondary N) is 1. The molecular formula is C15H23NO2. The van der Waals surface area contributed by atoms with Crippen molar-refractivity contribution in [1.29, 1.82) is 0 Å². The minimum Gasteiger partial charge on any atom is -0.497 e. The first-order chi connectivity index (χ1) is 8.78. The number of rotatable bonds is 6. The Morgan fingerprint density at radius 1 is 1.17 bits per heavy atom. The van der Waals surface area contributed by atoms with Crippen molar-refractivity contribution in [2.45, 2.75) is 32.2 Å². The van der Waals surface area contributed by atoms with Crippen molar-refractivity contribution < 1.29 is 9.47 Å². The second-order valence-corrected chi connectivity index (χ2v) is 5.09. The zero-order valence-electron chi connectivity index (χ0n) is 11.3. The molecule has 0 spiro atoms. The normalized spacial score (nSPS) is 23.0. The highest BCUT2D eigenvalue weighted by molar-refractivity contribution is 5.31. The molecule has 3 nitrogen and oxygen atoms in total. The lowest BCUT2D eigenvalue weighted by Gasteiger charge is -2.13. The summed E-state index contributed by atoms with van der Waals surface area (Å²) >= 11 is 0. The molecule has 1 aliphatic carbocycles. The van der Waals surface area contributed by atoms with Gasteiger partial charge in [0.2, 0.25) is 0 Å².